The van der Waals surface area contributed by atoms with Crippen molar-refractivity contribution in [1.29, 1.82) is 0 Å². The van der Waals surface area contributed by atoms with Gasteiger partial charge < -0.3 is 9.47 Å². The minimum absolute atomic E-state index is 0.0876. The van der Waals surface area contributed by atoms with Crippen molar-refractivity contribution >= 4 is 40.6 Å². The van der Waals surface area contributed by atoms with Crippen LogP contribution in [0.1, 0.15) is 25.0 Å². The maximum atomic E-state index is 12.7. The van der Waals surface area contributed by atoms with E-state index < -0.39 is 5.97 Å². The normalized spacial score (nSPS) is 16.4. The number of rotatable bonds is 7. The molecule has 0 saturated carbocycles. The van der Waals surface area contributed by atoms with Crippen LogP contribution in [0.4, 0.5) is 5.69 Å². The van der Waals surface area contributed by atoms with E-state index >= 15 is 0 Å². The summed E-state index contributed by atoms with van der Waals surface area (Å²) in [4.78, 5) is 30.9. The van der Waals surface area contributed by atoms with E-state index in [9.17, 15) is 9.59 Å². The molecule has 1 aliphatic heterocycles. The highest BCUT2D eigenvalue weighted by Gasteiger charge is 2.30. The number of thioether (sulfide) groups is 1. The highest BCUT2D eigenvalue weighted by Crippen LogP contribution is 2.34. The second-order valence-corrected chi connectivity index (χ2v) is 7.52. The molecule has 3 rings (SSSR count). The van der Waals surface area contributed by atoms with Gasteiger partial charge in [-0.3, -0.25) is 9.69 Å². The van der Waals surface area contributed by atoms with E-state index in [-0.39, 0.29) is 12.5 Å². The Hall–Kier alpha value is -3.06. The fourth-order valence-corrected chi connectivity index (χ4v) is 3.81. The van der Waals surface area contributed by atoms with E-state index in [1.165, 1.54) is 11.8 Å². The Labute approximate surface area is 180 Å². The Morgan fingerprint density at radius 2 is 1.87 bits per heavy atom. The van der Waals surface area contributed by atoms with Gasteiger partial charge in [-0.2, -0.15) is 0 Å². The van der Waals surface area contributed by atoms with Gasteiger partial charge in [0.05, 0.1) is 17.2 Å². The quantitative estimate of drug-likeness (QED) is 0.486. The summed E-state index contributed by atoms with van der Waals surface area (Å²) in [5.74, 6) is 0.0673. The molecule has 6 nitrogen and oxygen atoms in total. The summed E-state index contributed by atoms with van der Waals surface area (Å²) in [5.41, 5.74) is 2.88. The van der Waals surface area contributed by atoms with Crippen LogP contribution >= 0.6 is 11.8 Å². The van der Waals surface area contributed by atoms with E-state index in [4.69, 9.17) is 14.5 Å². The van der Waals surface area contributed by atoms with Gasteiger partial charge in [0.25, 0.3) is 5.91 Å². The van der Waals surface area contributed by atoms with Crippen LogP contribution in [0, 0.1) is 0 Å². The standard InChI is InChI=1S/C23H24N2O4S/c1-4-17-8-6-7-9-19(17)24-23-25(3)22(27)20(30-23)14-16-10-12-18(13-11-16)29-15-21(26)28-5-2/h6-14H,4-5,15H2,1-3H3/b20-14+,24-23?. The number of aliphatic imine (C=N–C) groups is 1. The Balaban J connectivity index is 1.72. The lowest BCUT2D eigenvalue weighted by molar-refractivity contribution is -0.145. The topological polar surface area (TPSA) is 68.2 Å². The van der Waals surface area contributed by atoms with Crippen molar-refractivity contribution < 1.29 is 19.1 Å². The van der Waals surface area contributed by atoms with Crippen LogP contribution in [-0.2, 0) is 20.7 Å². The predicted octanol–water partition coefficient (Wildman–Crippen LogP) is 4.42. The molecule has 2 aromatic rings. The van der Waals surface area contributed by atoms with Crippen LogP contribution in [0.5, 0.6) is 5.75 Å². The number of para-hydroxylation sites is 1. The van der Waals surface area contributed by atoms with Crippen LogP contribution in [0.3, 0.4) is 0 Å². The Kier molecular flexibility index (Phi) is 7.30. The lowest BCUT2D eigenvalue weighted by Gasteiger charge is -2.08. The number of hydrogen-bond acceptors (Lipinski definition) is 6. The molecule has 156 valence electrons. The molecule has 0 aliphatic carbocycles. The molecule has 1 amide bonds. The summed E-state index contributed by atoms with van der Waals surface area (Å²) >= 11 is 1.35. The molecule has 0 radical (unpaired) electrons. The monoisotopic (exact) mass is 424 g/mol. The average Bonchev–Trinajstić information content (AvgIpc) is 3.01. The summed E-state index contributed by atoms with van der Waals surface area (Å²) in [6.45, 7) is 4.02. The smallest absolute Gasteiger partial charge is 0.344 e. The number of nitrogens with zero attached hydrogens (tertiary/aromatic N) is 2. The van der Waals surface area contributed by atoms with Gasteiger partial charge in [-0.1, -0.05) is 37.3 Å². The molecule has 7 heteroatoms. The van der Waals surface area contributed by atoms with Crippen molar-refractivity contribution in [2.75, 3.05) is 20.3 Å². The largest absolute Gasteiger partial charge is 0.482 e. The zero-order valence-corrected chi connectivity index (χ0v) is 18.1. The number of esters is 1. The first-order valence-corrected chi connectivity index (χ1v) is 10.6. The minimum Gasteiger partial charge on any atom is -0.482 e. The molecular weight excluding hydrogens is 400 g/mol. The maximum absolute atomic E-state index is 12.7. The van der Waals surface area contributed by atoms with Crippen LogP contribution in [0.15, 0.2) is 58.4 Å². The van der Waals surface area contributed by atoms with Crippen LogP contribution in [-0.4, -0.2) is 42.2 Å². The number of likely N-dealkylation sites (N-methyl/N-ethyl adjacent to an activating group) is 1. The Morgan fingerprint density at radius 1 is 1.13 bits per heavy atom. The predicted molar refractivity (Wildman–Crippen MR) is 120 cm³/mol. The molecule has 1 fully saturated rings. The van der Waals surface area contributed by atoms with E-state index in [2.05, 4.69) is 6.92 Å². The first-order valence-electron chi connectivity index (χ1n) is 9.74. The molecule has 0 spiro atoms. The number of amidine groups is 1. The minimum atomic E-state index is -0.406. The first kappa shape index (κ1) is 21.6. The fraction of sp³-hybridized carbons (Fsp3) is 0.261. The molecule has 30 heavy (non-hydrogen) atoms. The first-order chi connectivity index (χ1) is 14.5. The summed E-state index contributed by atoms with van der Waals surface area (Å²) in [5, 5.41) is 0.654. The van der Waals surface area contributed by atoms with Crippen molar-refractivity contribution in [3.63, 3.8) is 0 Å². The number of hydrogen-bond donors (Lipinski definition) is 0. The van der Waals surface area contributed by atoms with Gasteiger partial charge in [0.1, 0.15) is 5.75 Å². The second kappa shape index (κ2) is 10.1. The number of carbonyl (C=O) groups excluding carboxylic acids is 2. The highest BCUT2D eigenvalue weighted by molar-refractivity contribution is 8.18. The van der Waals surface area contributed by atoms with E-state index in [1.54, 1.807) is 31.0 Å². The van der Waals surface area contributed by atoms with Crippen LogP contribution in [0.25, 0.3) is 6.08 Å². The van der Waals surface area contributed by atoms with Gasteiger partial charge in [0.2, 0.25) is 0 Å². The third-order valence-electron chi connectivity index (χ3n) is 4.43. The summed E-state index contributed by atoms with van der Waals surface area (Å²) in [6.07, 6.45) is 2.70. The number of aryl methyl sites for hydroxylation is 1. The molecular formula is C23H24N2O4S. The molecule has 0 N–H and O–H groups in total. The number of amides is 1. The van der Waals surface area contributed by atoms with Crippen molar-refractivity contribution in [2.45, 2.75) is 20.3 Å². The number of ether oxygens (including phenoxy) is 2. The van der Waals surface area contributed by atoms with E-state index in [0.717, 1.165) is 23.2 Å². The van der Waals surface area contributed by atoms with Crippen LogP contribution < -0.4 is 4.74 Å². The van der Waals surface area contributed by atoms with Gasteiger partial charge in [0, 0.05) is 7.05 Å². The third kappa shape index (κ3) is 5.30. The SMILES string of the molecule is CCOC(=O)COc1ccc(/C=C2/SC(=Nc3ccccc3CC)N(C)C2=O)cc1. The van der Waals surface area contributed by atoms with Crippen molar-refractivity contribution in [1.82, 2.24) is 4.90 Å². The van der Waals surface area contributed by atoms with Gasteiger partial charge in [0.15, 0.2) is 11.8 Å². The zero-order valence-electron chi connectivity index (χ0n) is 17.3. The molecule has 2 aromatic carbocycles. The average molecular weight is 425 g/mol. The maximum Gasteiger partial charge on any atom is 0.344 e. The van der Waals surface area contributed by atoms with Gasteiger partial charge in [-0.25, -0.2) is 9.79 Å². The van der Waals surface area contributed by atoms with E-state index in [0.29, 0.717) is 22.4 Å². The van der Waals surface area contributed by atoms with Gasteiger partial charge >= 0.3 is 5.97 Å². The summed E-state index contributed by atoms with van der Waals surface area (Å²) in [7, 11) is 1.73. The second-order valence-electron chi connectivity index (χ2n) is 6.51. The highest BCUT2D eigenvalue weighted by atomic mass is 32.2. The Bertz CT molecular complexity index is 983. The molecule has 1 saturated heterocycles. The van der Waals surface area contributed by atoms with Crippen molar-refractivity contribution in [2.24, 2.45) is 4.99 Å². The summed E-state index contributed by atoms with van der Waals surface area (Å²) < 4.78 is 10.2. The lowest BCUT2D eigenvalue weighted by Crippen LogP contribution is -2.23. The summed E-state index contributed by atoms with van der Waals surface area (Å²) in [6, 6.07) is 15.1. The fourth-order valence-electron chi connectivity index (χ4n) is 2.83. The zero-order chi connectivity index (χ0) is 21.5. The molecule has 1 aliphatic rings. The molecule has 0 atom stereocenters. The third-order valence-corrected chi connectivity index (χ3v) is 5.49. The molecule has 0 unspecified atom stereocenters. The molecule has 1 heterocycles. The van der Waals surface area contributed by atoms with Gasteiger partial charge in [-0.05, 0) is 60.5 Å². The lowest BCUT2D eigenvalue weighted by atomic mass is 10.1. The Morgan fingerprint density at radius 3 is 2.57 bits per heavy atom. The van der Waals surface area contributed by atoms with Crippen molar-refractivity contribution in [3.05, 3.63) is 64.6 Å². The van der Waals surface area contributed by atoms with Crippen LogP contribution in [0.2, 0.25) is 0 Å². The van der Waals surface area contributed by atoms with E-state index in [1.807, 2.05) is 42.5 Å². The molecule has 0 bridgehead atoms. The van der Waals surface area contributed by atoms with Crippen molar-refractivity contribution in [3.8, 4) is 5.75 Å². The molecule has 0 aromatic heterocycles. The number of benzene rings is 2. The van der Waals surface area contributed by atoms with Gasteiger partial charge in [-0.15, -0.1) is 0 Å². The number of carbonyl (C=O) groups is 2.